The van der Waals surface area contributed by atoms with Gasteiger partial charge in [-0.3, -0.25) is 4.79 Å². The Kier molecular flexibility index (Phi) is 3.25. The third kappa shape index (κ3) is 2.22. The molecule has 0 heterocycles. The molecule has 2 aromatic carbocycles. The minimum absolute atomic E-state index is 0.292. The number of hydrogen-bond donors (Lipinski definition) is 0. The summed E-state index contributed by atoms with van der Waals surface area (Å²) in [6.45, 7) is 1.68. The molecule has 86 valence electrons. The summed E-state index contributed by atoms with van der Waals surface area (Å²) >= 11 is 5.91. The maximum atomic E-state index is 13.5. The van der Waals surface area contributed by atoms with E-state index in [1.165, 1.54) is 6.07 Å². The van der Waals surface area contributed by atoms with Crippen LogP contribution in [-0.2, 0) is 0 Å². The molecule has 0 saturated heterocycles. The summed E-state index contributed by atoms with van der Waals surface area (Å²) in [6.07, 6.45) is 0.746. The van der Waals surface area contributed by atoms with Crippen LogP contribution in [-0.4, -0.2) is 6.29 Å². The van der Waals surface area contributed by atoms with Crippen LogP contribution in [0.3, 0.4) is 0 Å². The monoisotopic (exact) mass is 248 g/mol. The highest BCUT2D eigenvalue weighted by Crippen LogP contribution is 2.29. The van der Waals surface area contributed by atoms with Gasteiger partial charge in [0.2, 0.25) is 0 Å². The summed E-state index contributed by atoms with van der Waals surface area (Å²) in [5, 5.41) is 0.522. The van der Waals surface area contributed by atoms with Crippen molar-refractivity contribution in [2.24, 2.45) is 0 Å². The predicted octanol–water partition coefficient (Wildman–Crippen LogP) is 4.27. The molecule has 0 spiro atoms. The first-order valence-corrected chi connectivity index (χ1v) is 5.51. The number of carbonyl (C=O) groups excluding carboxylic acids is 1. The van der Waals surface area contributed by atoms with Crippen LogP contribution in [0.2, 0.25) is 5.02 Å². The fourth-order valence-electron chi connectivity index (χ4n) is 1.76. The minimum atomic E-state index is -0.292. The molecule has 0 atom stereocenters. The molecule has 0 aromatic heterocycles. The maximum absolute atomic E-state index is 13.5. The number of halogens is 2. The van der Waals surface area contributed by atoms with E-state index >= 15 is 0 Å². The molecule has 0 aliphatic rings. The zero-order valence-electron chi connectivity index (χ0n) is 9.21. The van der Waals surface area contributed by atoms with Crippen LogP contribution in [0.15, 0.2) is 36.4 Å². The van der Waals surface area contributed by atoms with Gasteiger partial charge in [-0.25, -0.2) is 4.39 Å². The molecule has 0 fully saturated rings. The topological polar surface area (TPSA) is 17.1 Å². The van der Waals surface area contributed by atoms with Gasteiger partial charge in [0.15, 0.2) is 6.29 Å². The first-order valence-electron chi connectivity index (χ1n) is 5.13. The van der Waals surface area contributed by atoms with Gasteiger partial charge < -0.3 is 0 Å². The van der Waals surface area contributed by atoms with Crippen LogP contribution < -0.4 is 0 Å². The van der Waals surface area contributed by atoms with Crippen molar-refractivity contribution in [3.8, 4) is 11.1 Å². The second-order valence-electron chi connectivity index (χ2n) is 3.76. The Morgan fingerprint density at radius 2 is 1.94 bits per heavy atom. The molecule has 1 nitrogen and oxygen atoms in total. The van der Waals surface area contributed by atoms with Crippen LogP contribution in [0.4, 0.5) is 4.39 Å². The van der Waals surface area contributed by atoms with Crippen LogP contribution in [0.1, 0.15) is 15.9 Å². The zero-order valence-corrected chi connectivity index (χ0v) is 9.96. The Labute approximate surface area is 104 Å². The Hall–Kier alpha value is -1.67. The van der Waals surface area contributed by atoms with Crippen LogP contribution in [0, 0.1) is 12.7 Å². The number of aldehydes is 1. The summed E-state index contributed by atoms with van der Waals surface area (Å²) in [7, 11) is 0. The van der Waals surface area contributed by atoms with Crippen molar-refractivity contribution in [2.45, 2.75) is 6.92 Å². The first-order chi connectivity index (χ1) is 8.13. The number of carbonyl (C=O) groups is 1. The Morgan fingerprint density at radius 1 is 1.18 bits per heavy atom. The number of hydrogen-bond acceptors (Lipinski definition) is 1. The normalized spacial score (nSPS) is 10.3. The average molecular weight is 249 g/mol. The van der Waals surface area contributed by atoms with E-state index in [9.17, 15) is 9.18 Å². The Bertz CT molecular complexity index is 578. The van der Waals surface area contributed by atoms with E-state index in [-0.39, 0.29) is 5.82 Å². The van der Waals surface area contributed by atoms with Gasteiger partial charge in [0.1, 0.15) is 5.82 Å². The first kappa shape index (κ1) is 11.8. The van der Waals surface area contributed by atoms with Gasteiger partial charge in [0, 0.05) is 10.6 Å². The zero-order chi connectivity index (χ0) is 12.4. The fraction of sp³-hybridized carbons (Fsp3) is 0.0714. The molecule has 3 heteroatoms. The predicted molar refractivity (Wildman–Crippen MR) is 67.0 cm³/mol. The molecule has 0 saturated carbocycles. The molecule has 0 amide bonds. The van der Waals surface area contributed by atoms with Crippen molar-refractivity contribution < 1.29 is 9.18 Å². The van der Waals surface area contributed by atoms with Crippen LogP contribution in [0.5, 0.6) is 0 Å². The lowest BCUT2D eigenvalue weighted by Crippen LogP contribution is -1.92. The fourth-order valence-corrected chi connectivity index (χ4v) is 1.94. The summed E-state index contributed by atoms with van der Waals surface area (Å²) in [5.74, 6) is -0.292. The van der Waals surface area contributed by atoms with Crippen molar-refractivity contribution in [2.75, 3.05) is 0 Å². The summed E-state index contributed by atoms with van der Waals surface area (Å²) in [5.41, 5.74) is 2.36. The number of rotatable bonds is 2. The molecular formula is C14H10ClFO. The Balaban J connectivity index is 2.71. The van der Waals surface area contributed by atoms with E-state index in [1.807, 2.05) is 0 Å². The highest BCUT2D eigenvalue weighted by molar-refractivity contribution is 6.31. The minimum Gasteiger partial charge on any atom is -0.298 e. The van der Waals surface area contributed by atoms with Crippen LogP contribution >= 0.6 is 11.6 Å². The lowest BCUT2D eigenvalue weighted by Gasteiger charge is -2.09. The van der Waals surface area contributed by atoms with Crippen LogP contribution in [0.25, 0.3) is 11.1 Å². The molecule has 2 rings (SSSR count). The third-order valence-corrected chi connectivity index (χ3v) is 2.94. The van der Waals surface area contributed by atoms with Gasteiger partial charge in [0.05, 0.1) is 0 Å². The summed E-state index contributed by atoms with van der Waals surface area (Å²) < 4.78 is 13.5. The second kappa shape index (κ2) is 4.68. The number of benzene rings is 2. The van der Waals surface area contributed by atoms with Gasteiger partial charge in [-0.2, -0.15) is 0 Å². The standard InChI is InChI=1S/C14H10ClFO/c1-9-12(3-2-4-14(9)16)13-7-11(15)6-5-10(13)8-17/h2-8H,1H3. The van der Waals surface area contributed by atoms with Gasteiger partial charge in [-0.05, 0) is 47.9 Å². The largest absolute Gasteiger partial charge is 0.298 e. The van der Waals surface area contributed by atoms with Crippen molar-refractivity contribution >= 4 is 17.9 Å². The quantitative estimate of drug-likeness (QED) is 0.726. The molecule has 0 aliphatic carbocycles. The van der Waals surface area contributed by atoms with E-state index in [0.29, 0.717) is 27.3 Å². The SMILES string of the molecule is Cc1c(F)cccc1-c1cc(Cl)ccc1C=O. The van der Waals surface area contributed by atoms with Crippen molar-refractivity contribution in [1.29, 1.82) is 0 Å². The lowest BCUT2D eigenvalue weighted by molar-refractivity contribution is 0.112. The average Bonchev–Trinajstić information content (AvgIpc) is 2.33. The van der Waals surface area contributed by atoms with E-state index in [0.717, 1.165) is 6.29 Å². The van der Waals surface area contributed by atoms with Gasteiger partial charge in [-0.1, -0.05) is 23.7 Å². The van der Waals surface area contributed by atoms with E-state index in [2.05, 4.69) is 0 Å². The lowest BCUT2D eigenvalue weighted by atomic mass is 9.96. The van der Waals surface area contributed by atoms with E-state index in [1.54, 1.807) is 37.3 Å². The smallest absolute Gasteiger partial charge is 0.150 e. The molecule has 0 bridgehead atoms. The van der Waals surface area contributed by atoms with E-state index < -0.39 is 0 Å². The Morgan fingerprint density at radius 3 is 2.65 bits per heavy atom. The molecule has 0 aliphatic heterocycles. The van der Waals surface area contributed by atoms with Gasteiger partial charge in [0.25, 0.3) is 0 Å². The van der Waals surface area contributed by atoms with Gasteiger partial charge in [-0.15, -0.1) is 0 Å². The molecule has 0 N–H and O–H groups in total. The highest BCUT2D eigenvalue weighted by Gasteiger charge is 2.10. The molecule has 0 unspecified atom stereocenters. The second-order valence-corrected chi connectivity index (χ2v) is 4.20. The summed E-state index contributed by atoms with van der Waals surface area (Å²) in [4.78, 5) is 11.0. The molecule has 2 aromatic rings. The summed E-state index contributed by atoms with van der Waals surface area (Å²) in [6, 6.07) is 9.74. The van der Waals surface area contributed by atoms with Crippen molar-refractivity contribution in [3.05, 3.63) is 58.4 Å². The van der Waals surface area contributed by atoms with E-state index in [4.69, 9.17) is 11.6 Å². The highest BCUT2D eigenvalue weighted by atomic mass is 35.5. The van der Waals surface area contributed by atoms with Gasteiger partial charge >= 0.3 is 0 Å². The molecule has 0 radical (unpaired) electrons. The van der Waals surface area contributed by atoms with Crippen molar-refractivity contribution in [3.63, 3.8) is 0 Å². The molecule has 17 heavy (non-hydrogen) atoms. The molecular weight excluding hydrogens is 239 g/mol. The van der Waals surface area contributed by atoms with Crippen molar-refractivity contribution in [1.82, 2.24) is 0 Å². The third-order valence-electron chi connectivity index (χ3n) is 2.70. The maximum Gasteiger partial charge on any atom is 0.150 e.